The number of nitrogens with two attached hydrogens (primary N) is 1. The van der Waals surface area contributed by atoms with Gasteiger partial charge in [-0.15, -0.1) is 11.3 Å². The van der Waals surface area contributed by atoms with Crippen LogP contribution in [-0.4, -0.2) is 37.1 Å². The summed E-state index contributed by atoms with van der Waals surface area (Å²) in [6.07, 6.45) is 2.16. The Morgan fingerprint density at radius 3 is 2.94 bits per heavy atom. The Morgan fingerprint density at radius 2 is 2.28 bits per heavy atom. The molecule has 6 heteroatoms. The van der Waals surface area contributed by atoms with Crippen LogP contribution in [0.4, 0.5) is 0 Å². The van der Waals surface area contributed by atoms with E-state index < -0.39 is 0 Å². The monoisotopic (exact) mass is 269 g/mol. The van der Waals surface area contributed by atoms with E-state index in [1.165, 1.54) is 16.2 Å². The van der Waals surface area contributed by atoms with Crippen molar-refractivity contribution >= 4 is 17.2 Å². The summed E-state index contributed by atoms with van der Waals surface area (Å²) in [5.41, 5.74) is 2.15. The quantitative estimate of drug-likeness (QED) is 0.485. The van der Waals surface area contributed by atoms with E-state index in [-0.39, 0.29) is 5.91 Å². The van der Waals surface area contributed by atoms with Crippen LogP contribution in [0.15, 0.2) is 12.1 Å². The number of hydrogen-bond donors (Lipinski definition) is 2. The van der Waals surface area contributed by atoms with Crippen LogP contribution < -0.4 is 11.3 Å². The highest BCUT2D eigenvalue weighted by atomic mass is 32.1. The molecule has 100 valence electrons. The van der Waals surface area contributed by atoms with Gasteiger partial charge in [0.25, 0.3) is 5.91 Å². The van der Waals surface area contributed by atoms with Gasteiger partial charge in [0.15, 0.2) is 0 Å². The predicted molar refractivity (Wildman–Crippen MR) is 71.3 cm³/mol. The van der Waals surface area contributed by atoms with E-state index in [2.05, 4.69) is 17.4 Å². The number of nitrogens with zero attached hydrogens (tertiary/aromatic N) is 1. The molecule has 2 heterocycles. The number of carbonyl (C=O) groups excluding carboxylic acids is 1. The molecule has 1 amide bonds. The highest BCUT2D eigenvalue weighted by Crippen LogP contribution is 2.21. The van der Waals surface area contributed by atoms with E-state index in [0.717, 1.165) is 32.6 Å². The molecule has 3 N–H and O–H groups in total. The number of nitrogen functional groups attached to an aromatic ring is 1. The first-order valence-electron chi connectivity index (χ1n) is 6.08. The highest BCUT2D eigenvalue weighted by Gasteiger charge is 2.19. The van der Waals surface area contributed by atoms with Crippen molar-refractivity contribution in [3.8, 4) is 0 Å². The zero-order valence-corrected chi connectivity index (χ0v) is 11.3. The fourth-order valence-electron chi connectivity index (χ4n) is 2.16. The fourth-order valence-corrected chi connectivity index (χ4v) is 3.13. The summed E-state index contributed by atoms with van der Waals surface area (Å²) in [4.78, 5) is 15.5. The van der Waals surface area contributed by atoms with Crippen molar-refractivity contribution in [3.63, 3.8) is 0 Å². The van der Waals surface area contributed by atoms with E-state index in [1.54, 1.807) is 0 Å². The maximum absolute atomic E-state index is 11.4. The molecule has 0 unspecified atom stereocenters. The molecular formula is C12H19N3O2S. The molecule has 0 aromatic carbocycles. The summed E-state index contributed by atoms with van der Waals surface area (Å²) in [7, 11) is 2.12. The summed E-state index contributed by atoms with van der Waals surface area (Å²) in [5, 5.41) is 0. The largest absolute Gasteiger partial charge is 0.381 e. The van der Waals surface area contributed by atoms with E-state index >= 15 is 0 Å². The lowest BCUT2D eigenvalue weighted by Gasteiger charge is -2.30. The maximum atomic E-state index is 11.4. The zero-order valence-electron chi connectivity index (χ0n) is 10.5. The van der Waals surface area contributed by atoms with Gasteiger partial charge in [0.1, 0.15) is 0 Å². The van der Waals surface area contributed by atoms with Crippen LogP contribution in [0.5, 0.6) is 0 Å². The summed E-state index contributed by atoms with van der Waals surface area (Å²) < 4.78 is 5.36. The van der Waals surface area contributed by atoms with Gasteiger partial charge in [-0.2, -0.15) is 0 Å². The first-order chi connectivity index (χ1) is 8.70. The van der Waals surface area contributed by atoms with E-state index in [1.807, 2.05) is 12.1 Å². The molecule has 1 aliphatic rings. The number of hydrogen-bond acceptors (Lipinski definition) is 5. The molecule has 1 saturated heterocycles. The topological polar surface area (TPSA) is 67.6 Å². The third-order valence-electron chi connectivity index (χ3n) is 3.24. The van der Waals surface area contributed by atoms with Crippen LogP contribution >= 0.6 is 11.3 Å². The van der Waals surface area contributed by atoms with Gasteiger partial charge in [-0.1, -0.05) is 0 Å². The summed E-state index contributed by atoms with van der Waals surface area (Å²) >= 11 is 1.49. The molecule has 2 rings (SSSR count). The smallest absolute Gasteiger partial charge is 0.275 e. The molecule has 0 saturated carbocycles. The highest BCUT2D eigenvalue weighted by molar-refractivity contribution is 7.14. The molecule has 0 spiro atoms. The summed E-state index contributed by atoms with van der Waals surface area (Å²) in [6, 6.07) is 4.39. The van der Waals surface area contributed by atoms with Gasteiger partial charge in [-0.3, -0.25) is 15.1 Å². The molecule has 0 aliphatic carbocycles. The molecule has 18 heavy (non-hydrogen) atoms. The van der Waals surface area contributed by atoms with Crippen molar-refractivity contribution in [2.24, 2.45) is 5.84 Å². The lowest BCUT2D eigenvalue weighted by molar-refractivity contribution is 0.0410. The Balaban J connectivity index is 1.92. The van der Waals surface area contributed by atoms with Crippen LogP contribution in [0.25, 0.3) is 0 Å². The number of ether oxygens (including phenoxy) is 1. The number of rotatable bonds is 4. The average molecular weight is 269 g/mol. The Morgan fingerprint density at radius 1 is 1.56 bits per heavy atom. The van der Waals surface area contributed by atoms with Crippen molar-refractivity contribution < 1.29 is 9.53 Å². The first-order valence-corrected chi connectivity index (χ1v) is 6.90. The third-order valence-corrected chi connectivity index (χ3v) is 4.30. The Hall–Kier alpha value is -0.950. The number of carbonyl (C=O) groups is 1. The van der Waals surface area contributed by atoms with Gasteiger partial charge in [-0.05, 0) is 32.0 Å². The number of hydrazine groups is 1. The molecule has 1 aromatic rings. The third kappa shape index (κ3) is 3.29. The lowest BCUT2D eigenvalue weighted by atomic mass is 10.1. The molecule has 0 bridgehead atoms. The lowest BCUT2D eigenvalue weighted by Crippen LogP contribution is -2.35. The average Bonchev–Trinajstić information content (AvgIpc) is 2.87. The molecule has 1 aliphatic heterocycles. The predicted octanol–water partition coefficient (Wildman–Crippen LogP) is 0.962. The van der Waals surface area contributed by atoms with Crippen LogP contribution in [0.2, 0.25) is 0 Å². The second kappa shape index (κ2) is 6.29. The first kappa shape index (κ1) is 13.5. The molecular weight excluding hydrogens is 250 g/mol. The van der Waals surface area contributed by atoms with Gasteiger partial charge in [-0.25, -0.2) is 5.84 Å². The van der Waals surface area contributed by atoms with Gasteiger partial charge in [0, 0.05) is 30.7 Å². The molecule has 0 atom stereocenters. The molecule has 5 nitrogen and oxygen atoms in total. The van der Waals surface area contributed by atoms with Crippen molar-refractivity contribution in [2.45, 2.75) is 25.4 Å². The minimum atomic E-state index is -0.222. The second-order valence-electron chi connectivity index (χ2n) is 4.50. The summed E-state index contributed by atoms with van der Waals surface area (Å²) in [5.74, 6) is 4.89. The Labute approximate surface area is 111 Å². The van der Waals surface area contributed by atoms with E-state index in [9.17, 15) is 4.79 Å². The van der Waals surface area contributed by atoms with Crippen LogP contribution in [0.1, 0.15) is 27.4 Å². The van der Waals surface area contributed by atoms with Gasteiger partial charge in [0.2, 0.25) is 0 Å². The Kier molecular flexibility index (Phi) is 4.71. The number of amides is 1. The number of thiophene rings is 1. The minimum absolute atomic E-state index is 0.222. The van der Waals surface area contributed by atoms with Crippen molar-refractivity contribution in [3.05, 3.63) is 21.9 Å². The van der Waals surface area contributed by atoms with E-state index in [0.29, 0.717) is 10.9 Å². The van der Waals surface area contributed by atoms with E-state index in [4.69, 9.17) is 10.6 Å². The van der Waals surface area contributed by atoms with Gasteiger partial charge < -0.3 is 4.74 Å². The number of nitrogens with one attached hydrogen (secondary N) is 1. The van der Waals surface area contributed by atoms with Crippen molar-refractivity contribution in [1.29, 1.82) is 0 Å². The maximum Gasteiger partial charge on any atom is 0.275 e. The summed E-state index contributed by atoms with van der Waals surface area (Å²) in [6.45, 7) is 2.56. The Bertz CT molecular complexity index is 402. The normalized spacial score (nSPS) is 17.1. The van der Waals surface area contributed by atoms with Crippen LogP contribution in [0.3, 0.4) is 0 Å². The molecule has 0 radical (unpaired) electrons. The zero-order chi connectivity index (χ0) is 13.0. The SMILES string of the molecule is CN(Cc1ccc(C(=O)NN)s1)C1CCOCC1. The standard InChI is InChI=1S/C12H19N3O2S/c1-15(9-4-6-17-7-5-9)8-10-2-3-11(18-10)12(16)14-13/h2-3,9H,4-8,13H2,1H3,(H,14,16). The van der Waals surface area contributed by atoms with Crippen molar-refractivity contribution in [1.82, 2.24) is 10.3 Å². The van der Waals surface area contributed by atoms with Crippen molar-refractivity contribution in [2.75, 3.05) is 20.3 Å². The van der Waals surface area contributed by atoms with Crippen LogP contribution in [-0.2, 0) is 11.3 Å². The van der Waals surface area contributed by atoms with Gasteiger partial charge >= 0.3 is 0 Å². The second-order valence-corrected chi connectivity index (χ2v) is 5.67. The minimum Gasteiger partial charge on any atom is -0.381 e. The fraction of sp³-hybridized carbons (Fsp3) is 0.583. The molecule has 1 aromatic heterocycles. The molecule has 1 fully saturated rings. The van der Waals surface area contributed by atoms with Crippen LogP contribution in [0, 0.1) is 0 Å². The van der Waals surface area contributed by atoms with Gasteiger partial charge in [0.05, 0.1) is 4.88 Å².